The van der Waals surface area contributed by atoms with Gasteiger partial charge in [0, 0.05) is 6.20 Å². The summed E-state index contributed by atoms with van der Waals surface area (Å²) in [6.45, 7) is 1.73. The molecule has 0 aliphatic carbocycles. The Morgan fingerprint density at radius 2 is 2.11 bits per heavy atom. The van der Waals surface area contributed by atoms with Gasteiger partial charge in [0.05, 0.1) is 11.3 Å². The molecule has 1 N–H and O–H groups in total. The van der Waals surface area contributed by atoms with E-state index in [0.29, 0.717) is 15.7 Å². The molecule has 2 rings (SSSR count). The molecular weight excluding hydrogens is 299 g/mol. The van der Waals surface area contributed by atoms with Crippen LogP contribution in [0.3, 0.4) is 0 Å². The van der Waals surface area contributed by atoms with E-state index in [-0.39, 0.29) is 11.6 Å². The maximum absolute atomic E-state index is 13.6. The van der Waals surface area contributed by atoms with Crippen molar-refractivity contribution in [1.82, 2.24) is 4.98 Å². The SMILES string of the molecule is Cc1cccc(F)c1NC(=O)c1ccc(Br)nc1. The fourth-order valence-corrected chi connectivity index (χ4v) is 1.72. The molecule has 0 aliphatic rings. The molecule has 0 spiro atoms. The quantitative estimate of drug-likeness (QED) is 0.862. The summed E-state index contributed by atoms with van der Waals surface area (Å²) in [7, 11) is 0. The lowest BCUT2D eigenvalue weighted by molar-refractivity contribution is 0.102. The Morgan fingerprint density at radius 3 is 2.72 bits per heavy atom. The lowest BCUT2D eigenvalue weighted by Crippen LogP contribution is -2.14. The topological polar surface area (TPSA) is 42.0 Å². The molecule has 3 nitrogen and oxygen atoms in total. The smallest absolute Gasteiger partial charge is 0.257 e. The van der Waals surface area contributed by atoms with Gasteiger partial charge in [-0.3, -0.25) is 4.79 Å². The predicted molar refractivity (Wildman–Crippen MR) is 71.0 cm³/mol. The van der Waals surface area contributed by atoms with Crippen LogP contribution < -0.4 is 5.32 Å². The summed E-state index contributed by atoms with van der Waals surface area (Å²) >= 11 is 3.18. The number of pyridine rings is 1. The van der Waals surface area contributed by atoms with Crippen LogP contribution in [0.2, 0.25) is 0 Å². The number of nitrogens with one attached hydrogen (secondary N) is 1. The number of para-hydroxylation sites is 1. The largest absolute Gasteiger partial charge is 0.319 e. The number of aromatic nitrogens is 1. The molecule has 5 heteroatoms. The van der Waals surface area contributed by atoms with Crippen LogP contribution in [0.1, 0.15) is 15.9 Å². The van der Waals surface area contributed by atoms with Gasteiger partial charge < -0.3 is 5.32 Å². The van der Waals surface area contributed by atoms with Crippen molar-refractivity contribution in [3.63, 3.8) is 0 Å². The molecule has 92 valence electrons. The van der Waals surface area contributed by atoms with Gasteiger partial charge in [-0.2, -0.15) is 0 Å². The van der Waals surface area contributed by atoms with Crippen molar-refractivity contribution < 1.29 is 9.18 Å². The number of amides is 1. The first-order valence-corrected chi connectivity index (χ1v) is 6.05. The summed E-state index contributed by atoms with van der Waals surface area (Å²) in [4.78, 5) is 15.8. The van der Waals surface area contributed by atoms with Crippen LogP contribution >= 0.6 is 15.9 Å². The molecule has 0 atom stereocenters. The minimum atomic E-state index is -0.451. The first kappa shape index (κ1) is 12.7. The van der Waals surface area contributed by atoms with Crippen molar-refractivity contribution in [3.05, 3.63) is 58.1 Å². The lowest BCUT2D eigenvalue weighted by Gasteiger charge is -2.09. The van der Waals surface area contributed by atoms with E-state index >= 15 is 0 Å². The monoisotopic (exact) mass is 308 g/mol. The number of benzene rings is 1. The van der Waals surface area contributed by atoms with Gasteiger partial charge in [-0.25, -0.2) is 9.37 Å². The van der Waals surface area contributed by atoms with E-state index in [0.717, 1.165) is 0 Å². The fourth-order valence-electron chi connectivity index (χ4n) is 1.49. The molecule has 0 fully saturated rings. The number of hydrogen-bond acceptors (Lipinski definition) is 2. The number of nitrogens with zero attached hydrogens (tertiary/aromatic N) is 1. The summed E-state index contributed by atoms with van der Waals surface area (Å²) in [5.74, 6) is -0.836. The number of rotatable bonds is 2. The summed E-state index contributed by atoms with van der Waals surface area (Å²) in [5.41, 5.74) is 1.25. The Hall–Kier alpha value is -1.75. The standard InChI is InChI=1S/C13H10BrFN2O/c1-8-3-2-4-10(15)12(8)17-13(18)9-5-6-11(14)16-7-9/h2-7H,1H3,(H,17,18). The van der Waals surface area contributed by atoms with E-state index in [1.165, 1.54) is 12.3 Å². The van der Waals surface area contributed by atoms with E-state index in [4.69, 9.17) is 0 Å². The third-order valence-corrected chi connectivity index (χ3v) is 2.92. The summed E-state index contributed by atoms with van der Waals surface area (Å²) < 4.78 is 14.2. The predicted octanol–water partition coefficient (Wildman–Crippen LogP) is 3.54. The first-order chi connectivity index (χ1) is 8.58. The van der Waals surface area contributed by atoms with Gasteiger partial charge in [0.15, 0.2) is 0 Å². The Kier molecular flexibility index (Phi) is 3.72. The summed E-state index contributed by atoms with van der Waals surface area (Å²) in [5, 5.41) is 2.54. The van der Waals surface area contributed by atoms with Crippen LogP contribution in [-0.4, -0.2) is 10.9 Å². The van der Waals surface area contributed by atoms with Crippen LogP contribution in [0, 0.1) is 12.7 Å². The number of hydrogen-bond donors (Lipinski definition) is 1. The molecule has 0 saturated heterocycles. The molecule has 0 radical (unpaired) electrons. The zero-order valence-corrected chi connectivity index (χ0v) is 11.2. The highest BCUT2D eigenvalue weighted by Crippen LogP contribution is 2.19. The zero-order valence-electron chi connectivity index (χ0n) is 9.58. The second kappa shape index (κ2) is 5.27. The van der Waals surface area contributed by atoms with Gasteiger partial charge in [0.25, 0.3) is 5.91 Å². The maximum atomic E-state index is 13.6. The molecule has 1 aromatic carbocycles. The Bertz CT molecular complexity index is 564. The Balaban J connectivity index is 2.24. The third kappa shape index (κ3) is 2.73. The van der Waals surface area contributed by atoms with Crippen LogP contribution in [0.15, 0.2) is 41.1 Å². The minimum Gasteiger partial charge on any atom is -0.319 e. The molecule has 0 aliphatic heterocycles. The highest BCUT2D eigenvalue weighted by Gasteiger charge is 2.11. The molecule has 0 bridgehead atoms. The number of anilines is 1. The zero-order chi connectivity index (χ0) is 13.1. The Labute approximate surface area is 112 Å². The normalized spacial score (nSPS) is 10.2. The van der Waals surface area contributed by atoms with Crippen molar-refractivity contribution in [2.75, 3.05) is 5.32 Å². The van der Waals surface area contributed by atoms with Crippen molar-refractivity contribution in [2.45, 2.75) is 6.92 Å². The van der Waals surface area contributed by atoms with Crippen molar-refractivity contribution in [2.24, 2.45) is 0 Å². The minimum absolute atomic E-state index is 0.199. The van der Waals surface area contributed by atoms with Gasteiger partial charge >= 0.3 is 0 Å². The van der Waals surface area contributed by atoms with Crippen LogP contribution in [-0.2, 0) is 0 Å². The van der Waals surface area contributed by atoms with E-state index in [1.54, 1.807) is 31.2 Å². The number of carbonyl (C=O) groups excluding carboxylic acids is 1. The van der Waals surface area contributed by atoms with E-state index in [9.17, 15) is 9.18 Å². The van der Waals surface area contributed by atoms with E-state index < -0.39 is 5.82 Å². The van der Waals surface area contributed by atoms with Crippen LogP contribution in [0.4, 0.5) is 10.1 Å². The van der Waals surface area contributed by atoms with Crippen LogP contribution in [0.25, 0.3) is 0 Å². The number of aryl methyl sites for hydroxylation is 1. The van der Waals surface area contributed by atoms with Crippen LogP contribution in [0.5, 0.6) is 0 Å². The molecule has 0 unspecified atom stereocenters. The summed E-state index contributed by atoms with van der Waals surface area (Å²) in [6.07, 6.45) is 1.43. The van der Waals surface area contributed by atoms with E-state index in [1.807, 2.05) is 0 Å². The highest BCUT2D eigenvalue weighted by molar-refractivity contribution is 9.10. The Morgan fingerprint density at radius 1 is 1.33 bits per heavy atom. The lowest BCUT2D eigenvalue weighted by atomic mass is 10.2. The van der Waals surface area contributed by atoms with Gasteiger partial charge in [-0.15, -0.1) is 0 Å². The van der Waals surface area contributed by atoms with Crippen molar-refractivity contribution >= 4 is 27.5 Å². The third-order valence-electron chi connectivity index (χ3n) is 2.45. The van der Waals surface area contributed by atoms with Gasteiger partial charge in [-0.05, 0) is 46.6 Å². The second-order valence-electron chi connectivity index (χ2n) is 3.76. The average Bonchev–Trinajstić information content (AvgIpc) is 2.34. The molecule has 1 amide bonds. The second-order valence-corrected chi connectivity index (χ2v) is 4.57. The molecular formula is C13H10BrFN2O. The highest BCUT2D eigenvalue weighted by atomic mass is 79.9. The average molecular weight is 309 g/mol. The number of carbonyl (C=O) groups is 1. The maximum Gasteiger partial charge on any atom is 0.257 e. The molecule has 1 heterocycles. The molecule has 0 saturated carbocycles. The summed E-state index contributed by atoms with van der Waals surface area (Å²) in [6, 6.07) is 7.91. The van der Waals surface area contributed by atoms with Crippen molar-refractivity contribution in [3.8, 4) is 0 Å². The fraction of sp³-hybridized carbons (Fsp3) is 0.0769. The van der Waals surface area contributed by atoms with Crippen molar-refractivity contribution in [1.29, 1.82) is 0 Å². The molecule has 18 heavy (non-hydrogen) atoms. The number of halogens is 2. The molecule has 1 aromatic heterocycles. The van der Waals surface area contributed by atoms with Gasteiger partial charge in [0.1, 0.15) is 10.4 Å². The van der Waals surface area contributed by atoms with Gasteiger partial charge in [-0.1, -0.05) is 12.1 Å². The van der Waals surface area contributed by atoms with Gasteiger partial charge in [0.2, 0.25) is 0 Å². The first-order valence-electron chi connectivity index (χ1n) is 5.26. The van der Waals surface area contributed by atoms with E-state index in [2.05, 4.69) is 26.2 Å². The molecule has 2 aromatic rings.